The van der Waals surface area contributed by atoms with Crippen LogP contribution in [0.15, 0.2) is 53.6 Å². The highest BCUT2D eigenvalue weighted by atomic mass is 35.5. The minimum Gasteiger partial charge on any atom is -0.468 e. The van der Waals surface area contributed by atoms with Crippen molar-refractivity contribution >= 4 is 46.6 Å². The second kappa shape index (κ2) is 8.20. The summed E-state index contributed by atoms with van der Waals surface area (Å²) in [4.78, 5) is 25.4. The highest BCUT2D eigenvalue weighted by molar-refractivity contribution is 6.31. The number of nitrogens with one attached hydrogen (secondary N) is 1. The molecule has 8 heteroatoms. The van der Waals surface area contributed by atoms with E-state index >= 15 is 0 Å². The van der Waals surface area contributed by atoms with Gasteiger partial charge in [0.2, 0.25) is 0 Å². The Morgan fingerprint density at radius 2 is 1.68 bits per heavy atom. The van der Waals surface area contributed by atoms with Gasteiger partial charge < -0.3 is 10.1 Å². The van der Waals surface area contributed by atoms with Crippen LogP contribution in [0.4, 0.5) is 10.5 Å². The maximum atomic E-state index is 12.7. The first-order valence-corrected chi connectivity index (χ1v) is 9.42. The number of esters is 1. The highest BCUT2D eigenvalue weighted by Gasteiger charge is 2.50. The van der Waals surface area contributed by atoms with E-state index in [2.05, 4.69) is 10.4 Å². The number of anilines is 1. The minimum atomic E-state index is -1.06. The quantitative estimate of drug-likeness (QED) is 0.722. The molecule has 3 rings (SSSR count). The molecule has 2 aromatic carbocycles. The maximum Gasteiger partial charge on any atom is 0.342 e. The minimum absolute atomic E-state index is 0.0769. The highest BCUT2D eigenvalue weighted by Crippen LogP contribution is 2.36. The summed E-state index contributed by atoms with van der Waals surface area (Å²) < 4.78 is 5.04. The van der Waals surface area contributed by atoms with Crippen LogP contribution in [0, 0.1) is 5.41 Å². The van der Waals surface area contributed by atoms with Gasteiger partial charge in [0.15, 0.2) is 0 Å². The molecular weight excluding hydrogens is 401 g/mol. The van der Waals surface area contributed by atoms with Crippen LogP contribution in [0.25, 0.3) is 0 Å². The van der Waals surface area contributed by atoms with E-state index in [1.807, 2.05) is 6.92 Å². The second-order valence-corrected chi connectivity index (χ2v) is 7.25. The Morgan fingerprint density at radius 3 is 2.21 bits per heavy atom. The van der Waals surface area contributed by atoms with Gasteiger partial charge in [-0.2, -0.15) is 5.10 Å². The van der Waals surface area contributed by atoms with E-state index in [4.69, 9.17) is 27.9 Å². The largest absolute Gasteiger partial charge is 0.468 e. The molecule has 0 radical (unpaired) electrons. The molecule has 6 nitrogen and oxygen atoms in total. The van der Waals surface area contributed by atoms with Gasteiger partial charge in [-0.15, -0.1) is 0 Å². The number of carbonyl (C=O) groups excluding carboxylic acids is 2. The average molecular weight is 420 g/mol. The molecule has 1 aliphatic rings. The molecule has 0 spiro atoms. The van der Waals surface area contributed by atoms with Crippen molar-refractivity contribution in [2.24, 2.45) is 10.5 Å². The zero-order valence-electron chi connectivity index (χ0n) is 15.4. The van der Waals surface area contributed by atoms with E-state index < -0.39 is 17.4 Å². The van der Waals surface area contributed by atoms with Crippen molar-refractivity contribution in [1.82, 2.24) is 5.01 Å². The number of urea groups is 1. The maximum absolute atomic E-state index is 12.7. The molecule has 0 saturated heterocycles. The summed E-state index contributed by atoms with van der Waals surface area (Å²) in [6.07, 6.45) is 0.422. The van der Waals surface area contributed by atoms with Gasteiger partial charge in [0.05, 0.1) is 19.4 Å². The van der Waals surface area contributed by atoms with E-state index in [9.17, 15) is 9.59 Å². The Kier molecular flexibility index (Phi) is 5.91. The number of rotatable bonds is 4. The van der Waals surface area contributed by atoms with Crippen LogP contribution >= 0.6 is 23.2 Å². The van der Waals surface area contributed by atoms with Crippen LogP contribution < -0.4 is 5.32 Å². The fourth-order valence-electron chi connectivity index (χ4n) is 3.14. The van der Waals surface area contributed by atoms with E-state index in [-0.39, 0.29) is 6.54 Å². The van der Waals surface area contributed by atoms with Crippen molar-refractivity contribution in [3.8, 4) is 0 Å². The summed E-state index contributed by atoms with van der Waals surface area (Å²) in [6.45, 7) is 1.94. The third kappa shape index (κ3) is 3.84. The first kappa shape index (κ1) is 20.2. The van der Waals surface area contributed by atoms with Crippen LogP contribution in [0.1, 0.15) is 18.9 Å². The van der Waals surface area contributed by atoms with Crippen molar-refractivity contribution in [2.45, 2.75) is 13.3 Å². The number of hydrazone groups is 1. The number of halogens is 2. The van der Waals surface area contributed by atoms with Crippen molar-refractivity contribution in [1.29, 1.82) is 0 Å². The predicted octanol–water partition coefficient (Wildman–Crippen LogP) is 4.81. The summed E-state index contributed by atoms with van der Waals surface area (Å²) in [5.74, 6) is -0.439. The smallest absolute Gasteiger partial charge is 0.342 e. The molecule has 1 heterocycles. The summed E-state index contributed by atoms with van der Waals surface area (Å²) in [5, 5.41) is 9.61. The molecule has 0 bridgehead atoms. The summed E-state index contributed by atoms with van der Waals surface area (Å²) >= 11 is 11.9. The molecule has 28 heavy (non-hydrogen) atoms. The fourth-order valence-corrected chi connectivity index (χ4v) is 3.39. The topological polar surface area (TPSA) is 71.0 Å². The average Bonchev–Trinajstić information content (AvgIpc) is 3.11. The van der Waals surface area contributed by atoms with Crippen LogP contribution in [0.5, 0.6) is 0 Å². The molecule has 2 amide bonds. The fraction of sp³-hybridized carbons (Fsp3) is 0.250. The molecule has 2 aromatic rings. The summed E-state index contributed by atoms with van der Waals surface area (Å²) in [7, 11) is 1.33. The molecule has 0 aliphatic carbocycles. The number of benzene rings is 2. The molecule has 1 atom stereocenters. The van der Waals surface area contributed by atoms with Crippen LogP contribution in [0.3, 0.4) is 0 Å². The number of nitrogens with zero attached hydrogens (tertiary/aromatic N) is 2. The number of methoxy groups -OCH3 is 1. The molecule has 0 saturated carbocycles. The normalized spacial score (nSPS) is 18.6. The van der Waals surface area contributed by atoms with Crippen molar-refractivity contribution in [3.63, 3.8) is 0 Å². The Balaban J connectivity index is 1.94. The lowest BCUT2D eigenvalue weighted by molar-refractivity contribution is -0.148. The third-order valence-electron chi connectivity index (χ3n) is 4.72. The zero-order chi connectivity index (χ0) is 20.3. The number of hydrogen-bond donors (Lipinski definition) is 1. The standard InChI is InChI=1S/C20H19Cl2N3O3/c1-3-20(18(26)28-2)12-25(19(27)23-16-10-8-15(22)9-11-16)24-17(20)13-4-6-14(21)7-5-13/h4-11H,3,12H2,1-2H3,(H,23,27). The van der Waals surface area contributed by atoms with E-state index in [1.54, 1.807) is 48.5 Å². The monoisotopic (exact) mass is 419 g/mol. The number of amides is 2. The zero-order valence-corrected chi connectivity index (χ0v) is 16.9. The number of ether oxygens (including phenoxy) is 1. The predicted molar refractivity (Wildman–Crippen MR) is 110 cm³/mol. The first-order chi connectivity index (χ1) is 13.4. The molecule has 1 N–H and O–H groups in total. The van der Waals surface area contributed by atoms with Crippen molar-refractivity contribution < 1.29 is 14.3 Å². The summed E-state index contributed by atoms with van der Waals surface area (Å²) in [5.41, 5.74) is 0.702. The van der Waals surface area contributed by atoms with E-state index in [1.165, 1.54) is 12.1 Å². The van der Waals surface area contributed by atoms with Gasteiger partial charge >= 0.3 is 12.0 Å². The second-order valence-electron chi connectivity index (χ2n) is 6.38. The lowest BCUT2D eigenvalue weighted by atomic mass is 9.78. The van der Waals surface area contributed by atoms with Crippen molar-refractivity contribution in [3.05, 3.63) is 64.1 Å². The summed E-state index contributed by atoms with van der Waals surface area (Å²) in [6, 6.07) is 13.3. The van der Waals surface area contributed by atoms with Gasteiger partial charge in [-0.1, -0.05) is 42.3 Å². The molecule has 1 aliphatic heterocycles. The molecule has 0 fully saturated rings. The Hall–Kier alpha value is -2.57. The van der Waals surface area contributed by atoms with E-state index in [0.29, 0.717) is 33.4 Å². The molecule has 146 valence electrons. The lowest BCUT2D eigenvalue weighted by Gasteiger charge is -2.26. The Labute approximate surface area is 173 Å². The lowest BCUT2D eigenvalue weighted by Crippen LogP contribution is -2.44. The Morgan fingerprint density at radius 1 is 1.11 bits per heavy atom. The van der Waals surface area contributed by atoms with Crippen LogP contribution in [-0.2, 0) is 9.53 Å². The van der Waals surface area contributed by atoms with Crippen molar-refractivity contribution in [2.75, 3.05) is 19.0 Å². The van der Waals surface area contributed by atoms with Gasteiger partial charge in [-0.25, -0.2) is 9.80 Å². The van der Waals surface area contributed by atoms with Crippen LogP contribution in [-0.4, -0.2) is 36.4 Å². The molecular formula is C20H19Cl2N3O3. The van der Waals surface area contributed by atoms with Gasteiger partial charge in [0, 0.05) is 15.7 Å². The SMILES string of the molecule is CCC1(C(=O)OC)CN(C(=O)Nc2ccc(Cl)cc2)N=C1c1ccc(Cl)cc1. The van der Waals surface area contributed by atoms with Gasteiger partial charge in [-0.3, -0.25) is 4.79 Å². The Bertz CT molecular complexity index is 913. The van der Waals surface area contributed by atoms with Crippen LogP contribution in [0.2, 0.25) is 10.0 Å². The number of hydrogen-bond acceptors (Lipinski definition) is 4. The molecule has 1 unspecified atom stereocenters. The van der Waals surface area contributed by atoms with Gasteiger partial charge in [-0.05, 0) is 48.4 Å². The number of carbonyl (C=O) groups is 2. The third-order valence-corrected chi connectivity index (χ3v) is 5.22. The van der Waals surface area contributed by atoms with Gasteiger partial charge in [0.1, 0.15) is 5.41 Å². The van der Waals surface area contributed by atoms with Gasteiger partial charge in [0.25, 0.3) is 0 Å². The van der Waals surface area contributed by atoms with E-state index in [0.717, 1.165) is 0 Å². The first-order valence-electron chi connectivity index (χ1n) is 8.67. The molecule has 0 aromatic heterocycles.